The summed E-state index contributed by atoms with van der Waals surface area (Å²) in [6.45, 7) is 22.7. The molecule has 4 nitrogen and oxygen atoms in total. The van der Waals surface area contributed by atoms with Crippen LogP contribution in [-0.2, 0) is 10.8 Å². The van der Waals surface area contributed by atoms with E-state index < -0.39 is 0 Å². The first-order chi connectivity index (χ1) is 34.1. The van der Waals surface area contributed by atoms with Gasteiger partial charge in [-0.15, -0.1) is 0 Å². The number of fused-ring (bicyclic) bond motifs is 7. The Balaban J connectivity index is 1.10. The zero-order chi connectivity index (χ0) is 49.1. The van der Waals surface area contributed by atoms with Crippen LogP contribution in [0.25, 0.3) is 27.5 Å². The highest BCUT2D eigenvalue weighted by Crippen LogP contribution is 2.49. The molecule has 0 amide bonds. The number of aryl methyl sites for hydroxylation is 4. The fourth-order valence-corrected chi connectivity index (χ4v) is 11.3. The van der Waals surface area contributed by atoms with Gasteiger partial charge in [-0.05, 0) is 175 Å². The van der Waals surface area contributed by atoms with Crippen LogP contribution in [0.1, 0.15) is 74.9 Å². The number of para-hydroxylation sites is 1. The molecule has 3 heterocycles. The minimum absolute atomic E-state index is 0.0249. The molecule has 0 N–H and O–H groups in total. The van der Waals surface area contributed by atoms with Crippen LogP contribution < -0.4 is 31.1 Å². The van der Waals surface area contributed by atoms with Crippen molar-refractivity contribution in [3.05, 3.63) is 221 Å². The molecule has 5 heteroatoms. The summed E-state index contributed by atoms with van der Waals surface area (Å²) >= 11 is 0. The zero-order valence-corrected chi connectivity index (χ0v) is 42.8. The number of hydrogen-bond donors (Lipinski definition) is 0. The van der Waals surface area contributed by atoms with Crippen LogP contribution in [0.5, 0.6) is 0 Å². The van der Waals surface area contributed by atoms with Crippen molar-refractivity contribution in [2.24, 2.45) is 0 Å². The molecule has 1 aromatic heterocycles. The third-order valence-corrected chi connectivity index (χ3v) is 15.1. The maximum Gasteiger partial charge on any atom is 0.252 e. The molecule has 0 bridgehead atoms. The predicted octanol–water partition coefficient (Wildman–Crippen LogP) is 16.2. The highest BCUT2D eigenvalue weighted by Gasteiger charge is 2.44. The van der Waals surface area contributed by atoms with Crippen molar-refractivity contribution in [3.63, 3.8) is 0 Å². The van der Waals surface area contributed by atoms with E-state index >= 15 is 0 Å². The van der Waals surface area contributed by atoms with E-state index in [0.717, 1.165) is 34.1 Å². The molecule has 348 valence electrons. The van der Waals surface area contributed by atoms with Crippen LogP contribution in [0.15, 0.2) is 188 Å². The average molecular weight is 921 g/mol. The lowest BCUT2D eigenvalue weighted by Gasteiger charge is -2.45. The minimum Gasteiger partial charge on any atom is -0.311 e. The molecule has 0 aliphatic carbocycles. The Labute approximate surface area is 420 Å². The summed E-state index contributed by atoms with van der Waals surface area (Å²) in [6, 6.07) is 71.4. The summed E-state index contributed by atoms with van der Waals surface area (Å²) in [5.41, 5.74) is 25.6. The Morgan fingerprint density at radius 2 is 0.789 bits per heavy atom. The first-order valence-corrected chi connectivity index (χ1v) is 25.3. The van der Waals surface area contributed by atoms with Gasteiger partial charge in [0.15, 0.2) is 0 Å². The van der Waals surface area contributed by atoms with Crippen molar-refractivity contribution in [1.82, 2.24) is 4.57 Å². The van der Waals surface area contributed by atoms with E-state index in [0.29, 0.717) is 0 Å². The Bertz CT molecular complexity index is 3510. The van der Waals surface area contributed by atoms with Crippen LogP contribution in [0, 0.1) is 27.7 Å². The van der Waals surface area contributed by atoms with Gasteiger partial charge in [-0.1, -0.05) is 143 Å². The molecular weight excluding hydrogens is 860 g/mol. The van der Waals surface area contributed by atoms with Crippen molar-refractivity contribution >= 4 is 96.1 Å². The van der Waals surface area contributed by atoms with E-state index in [4.69, 9.17) is 0 Å². The molecule has 9 aromatic carbocycles. The first kappa shape index (κ1) is 44.5. The van der Waals surface area contributed by atoms with E-state index in [-0.39, 0.29) is 17.5 Å². The summed E-state index contributed by atoms with van der Waals surface area (Å²) in [7, 11) is 0. The molecule has 71 heavy (non-hydrogen) atoms. The Morgan fingerprint density at radius 1 is 0.366 bits per heavy atom. The number of rotatable bonds is 6. The second-order valence-corrected chi connectivity index (χ2v) is 22.3. The highest BCUT2D eigenvalue weighted by atomic mass is 15.2. The maximum atomic E-state index is 2.52. The number of anilines is 9. The van der Waals surface area contributed by atoms with E-state index in [1.807, 2.05) is 0 Å². The molecule has 0 radical (unpaired) electrons. The fourth-order valence-electron chi connectivity index (χ4n) is 11.3. The molecule has 0 fully saturated rings. The quantitative estimate of drug-likeness (QED) is 0.154. The van der Waals surface area contributed by atoms with Gasteiger partial charge in [0.1, 0.15) is 0 Å². The van der Waals surface area contributed by atoms with Crippen molar-refractivity contribution < 1.29 is 0 Å². The van der Waals surface area contributed by atoms with Crippen molar-refractivity contribution in [3.8, 4) is 5.69 Å². The molecule has 0 unspecified atom stereocenters. The summed E-state index contributed by atoms with van der Waals surface area (Å²) in [6.07, 6.45) is 0. The van der Waals surface area contributed by atoms with E-state index in [2.05, 4.69) is 277 Å². The lowest BCUT2D eigenvalue weighted by atomic mass is 9.33. The first-order valence-electron chi connectivity index (χ1n) is 25.3. The van der Waals surface area contributed by atoms with E-state index in [1.54, 1.807) is 0 Å². The Hall–Kier alpha value is -7.76. The lowest BCUT2D eigenvalue weighted by Crippen LogP contribution is -2.61. The minimum atomic E-state index is 0.0249. The van der Waals surface area contributed by atoms with Gasteiger partial charge in [0.25, 0.3) is 6.71 Å². The second kappa shape index (κ2) is 16.4. The molecule has 12 rings (SSSR count). The monoisotopic (exact) mass is 920 g/mol. The number of benzene rings is 9. The largest absolute Gasteiger partial charge is 0.311 e. The number of nitrogens with zero attached hydrogens (tertiary/aromatic N) is 4. The topological polar surface area (TPSA) is 14.7 Å². The van der Waals surface area contributed by atoms with Crippen molar-refractivity contribution in [2.75, 3.05) is 14.7 Å². The number of aromatic nitrogens is 1. The second-order valence-electron chi connectivity index (χ2n) is 22.3. The van der Waals surface area contributed by atoms with Crippen LogP contribution >= 0.6 is 0 Å². The molecule has 0 atom stereocenters. The SMILES string of the molecule is Cc1ccc(N2c3ccc(C)cc3B3c4cc(C)ccc4N(c4ccc(C)cc4)c4cc(N(c5ccccc5)c5ccc(-n6c7ccc(C(C)(C)C)cc7c7cc(C(C)(C)C)ccc76)cc5)cc2c43)cc1. The van der Waals surface area contributed by atoms with Crippen LogP contribution in [0.4, 0.5) is 51.2 Å². The maximum absolute atomic E-state index is 2.52. The van der Waals surface area contributed by atoms with Crippen molar-refractivity contribution in [1.29, 1.82) is 0 Å². The van der Waals surface area contributed by atoms with Gasteiger partial charge < -0.3 is 19.3 Å². The summed E-state index contributed by atoms with van der Waals surface area (Å²) < 4.78 is 2.46. The Kier molecular flexibility index (Phi) is 10.3. The van der Waals surface area contributed by atoms with Gasteiger partial charge in [0.05, 0.1) is 16.7 Å². The molecular formula is C66H61BN4. The third-order valence-electron chi connectivity index (χ3n) is 15.1. The molecule has 2 aliphatic heterocycles. The fraction of sp³-hybridized carbons (Fsp3) is 0.182. The van der Waals surface area contributed by atoms with Gasteiger partial charge in [-0.3, -0.25) is 0 Å². The predicted molar refractivity (Wildman–Crippen MR) is 306 cm³/mol. The molecule has 0 spiro atoms. The van der Waals surface area contributed by atoms with Gasteiger partial charge >= 0.3 is 0 Å². The highest BCUT2D eigenvalue weighted by molar-refractivity contribution is 7.00. The van der Waals surface area contributed by atoms with Crippen LogP contribution in [0.3, 0.4) is 0 Å². The van der Waals surface area contributed by atoms with E-state index in [9.17, 15) is 0 Å². The average Bonchev–Trinajstić information content (AvgIpc) is 3.68. The third kappa shape index (κ3) is 7.44. The zero-order valence-electron chi connectivity index (χ0n) is 42.8. The van der Waals surface area contributed by atoms with Gasteiger partial charge in [-0.25, -0.2) is 0 Å². The summed E-state index contributed by atoms with van der Waals surface area (Å²) in [4.78, 5) is 7.49. The smallest absolute Gasteiger partial charge is 0.252 e. The summed E-state index contributed by atoms with van der Waals surface area (Å²) in [5.74, 6) is 0. The Morgan fingerprint density at radius 3 is 1.24 bits per heavy atom. The molecule has 10 aromatic rings. The van der Waals surface area contributed by atoms with Gasteiger partial charge in [-0.2, -0.15) is 0 Å². The van der Waals surface area contributed by atoms with Crippen LogP contribution in [-0.4, -0.2) is 11.3 Å². The van der Waals surface area contributed by atoms with E-state index in [1.165, 1.54) is 94.3 Å². The number of hydrogen-bond acceptors (Lipinski definition) is 3. The normalized spacial score (nSPS) is 13.1. The van der Waals surface area contributed by atoms with Gasteiger partial charge in [0.2, 0.25) is 0 Å². The van der Waals surface area contributed by atoms with Crippen molar-refractivity contribution in [2.45, 2.75) is 80.1 Å². The summed E-state index contributed by atoms with van der Waals surface area (Å²) in [5, 5.41) is 2.58. The van der Waals surface area contributed by atoms with Gasteiger partial charge in [0, 0.05) is 62.0 Å². The van der Waals surface area contributed by atoms with Crippen LogP contribution in [0.2, 0.25) is 0 Å². The molecule has 0 saturated heterocycles. The lowest BCUT2D eigenvalue weighted by molar-refractivity contribution is 0.590. The standard InChI is InChI=1S/C66H61BN4/c1-42-16-24-50(25-17-42)70-60-32-20-44(3)36-56(60)67-57-37-45(4)21-33-61(57)71(51-26-18-43(2)19-27-51)63-41-53(40-62(70)64(63)67)68(48-14-12-11-13-15-48)49-28-30-52(31-29-49)69-58-34-22-46(65(5,6)7)38-54(58)55-39-47(66(8,9)10)23-35-59(55)69/h11-41H,1-10H3. The molecule has 2 aliphatic rings. The molecule has 0 saturated carbocycles.